The number of rotatable bonds is 3. The molecule has 0 N–H and O–H groups in total. The van der Waals surface area contributed by atoms with E-state index in [0.29, 0.717) is 11.7 Å². The van der Waals surface area contributed by atoms with Crippen molar-refractivity contribution in [1.82, 2.24) is 0 Å². The number of furan rings is 1. The summed E-state index contributed by atoms with van der Waals surface area (Å²) in [5.41, 5.74) is 0. The van der Waals surface area contributed by atoms with E-state index < -0.39 is 0 Å². The monoisotopic (exact) mass is 178 g/mol. The summed E-state index contributed by atoms with van der Waals surface area (Å²) in [6, 6.07) is 4.01. The van der Waals surface area contributed by atoms with E-state index >= 15 is 0 Å². The average Bonchev–Trinajstić information content (AvgIpc) is 2.78. The molecule has 1 fully saturated rings. The molecule has 0 spiro atoms. The first kappa shape index (κ1) is 8.54. The van der Waals surface area contributed by atoms with Crippen molar-refractivity contribution in [3.8, 4) is 0 Å². The van der Waals surface area contributed by atoms with Gasteiger partial charge in [-0.3, -0.25) is 4.79 Å². The van der Waals surface area contributed by atoms with Crippen LogP contribution in [0.25, 0.3) is 0 Å². The lowest BCUT2D eigenvalue weighted by molar-refractivity contribution is -0.118. The van der Waals surface area contributed by atoms with Crippen LogP contribution < -0.4 is 0 Å². The molecule has 1 aliphatic rings. The van der Waals surface area contributed by atoms with Gasteiger partial charge in [0.05, 0.1) is 0 Å². The molecule has 1 aliphatic carbocycles. The summed E-state index contributed by atoms with van der Waals surface area (Å²) in [6.07, 6.45) is 1.91. The van der Waals surface area contributed by atoms with Crippen molar-refractivity contribution in [3.05, 3.63) is 23.7 Å². The maximum atomic E-state index is 11.0. The van der Waals surface area contributed by atoms with Crippen LogP contribution in [0, 0.1) is 5.92 Å². The van der Waals surface area contributed by atoms with Crippen molar-refractivity contribution in [2.45, 2.75) is 32.6 Å². The van der Waals surface area contributed by atoms with Crippen molar-refractivity contribution in [2.75, 3.05) is 0 Å². The molecule has 1 saturated carbocycles. The van der Waals surface area contributed by atoms with Crippen LogP contribution in [0.15, 0.2) is 16.5 Å². The number of aryl methyl sites for hydroxylation is 1. The summed E-state index contributed by atoms with van der Waals surface area (Å²) in [4.78, 5) is 11.0. The van der Waals surface area contributed by atoms with E-state index in [1.54, 1.807) is 6.92 Å². The Morgan fingerprint density at radius 1 is 1.62 bits per heavy atom. The zero-order chi connectivity index (χ0) is 9.42. The molecule has 0 radical (unpaired) electrons. The van der Waals surface area contributed by atoms with E-state index in [9.17, 15) is 4.79 Å². The lowest BCUT2D eigenvalue weighted by Crippen LogP contribution is -1.93. The zero-order valence-corrected chi connectivity index (χ0v) is 8.04. The van der Waals surface area contributed by atoms with Gasteiger partial charge in [0.15, 0.2) is 0 Å². The molecule has 1 heterocycles. The van der Waals surface area contributed by atoms with Crippen LogP contribution in [0.4, 0.5) is 0 Å². The second-order valence-corrected chi connectivity index (χ2v) is 3.72. The van der Waals surface area contributed by atoms with Gasteiger partial charge < -0.3 is 4.42 Å². The molecule has 2 heteroatoms. The maximum absolute atomic E-state index is 11.0. The molecule has 13 heavy (non-hydrogen) atoms. The average molecular weight is 178 g/mol. The van der Waals surface area contributed by atoms with Gasteiger partial charge in [0.25, 0.3) is 0 Å². The van der Waals surface area contributed by atoms with E-state index in [2.05, 4.69) is 6.92 Å². The maximum Gasteiger partial charge on any atom is 0.133 e. The number of ketones is 1. The minimum Gasteiger partial charge on any atom is -0.466 e. The van der Waals surface area contributed by atoms with E-state index in [-0.39, 0.29) is 5.92 Å². The zero-order valence-electron chi connectivity index (χ0n) is 8.04. The molecular weight excluding hydrogens is 164 g/mol. The smallest absolute Gasteiger partial charge is 0.133 e. The molecule has 0 saturated heterocycles. The largest absolute Gasteiger partial charge is 0.466 e. The van der Waals surface area contributed by atoms with E-state index in [1.807, 2.05) is 12.1 Å². The van der Waals surface area contributed by atoms with Gasteiger partial charge in [-0.05, 0) is 25.5 Å². The van der Waals surface area contributed by atoms with Gasteiger partial charge in [0.2, 0.25) is 0 Å². The summed E-state index contributed by atoms with van der Waals surface area (Å²) < 4.78 is 5.58. The molecule has 0 aliphatic heterocycles. The Morgan fingerprint density at radius 3 is 2.85 bits per heavy atom. The quantitative estimate of drug-likeness (QED) is 0.712. The molecule has 0 aromatic carbocycles. The second kappa shape index (κ2) is 3.02. The highest BCUT2D eigenvalue weighted by molar-refractivity contribution is 5.82. The molecular formula is C11H14O2. The fourth-order valence-electron chi connectivity index (χ4n) is 1.74. The van der Waals surface area contributed by atoms with E-state index in [1.165, 1.54) is 0 Å². The number of Topliss-reactive ketones (excluding diaryl/α,β-unsaturated/α-hetero) is 1. The number of carbonyl (C=O) groups is 1. The molecule has 2 rings (SSSR count). The molecule has 0 amide bonds. The third kappa shape index (κ3) is 1.53. The van der Waals surface area contributed by atoms with Crippen LogP contribution in [0.1, 0.15) is 37.7 Å². The summed E-state index contributed by atoms with van der Waals surface area (Å²) >= 11 is 0. The third-order valence-corrected chi connectivity index (χ3v) is 2.71. The lowest BCUT2D eigenvalue weighted by atomic mass is 10.2. The predicted molar refractivity (Wildman–Crippen MR) is 49.6 cm³/mol. The van der Waals surface area contributed by atoms with E-state index in [0.717, 1.165) is 24.4 Å². The van der Waals surface area contributed by atoms with Crippen molar-refractivity contribution in [1.29, 1.82) is 0 Å². The Hall–Kier alpha value is -1.05. The van der Waals surface area contributed by atoms with Gasteiger partial charge in [0.1, 0.15) is 17.3 Å². The highest BCUT2D eigenvalue weighted by Crippen LogP contribution is 2.48. The van der Waals surface area contributed by atoms with Crippen molar-refractivity contribution >= 4 is 5.78 Å². The number of carbonyl (C=O) groups excluding carboxylic acids is 1. The van der Waals surface area contributed by atoms with Crippen molar-refractivity contribution < 1.29 is 9.21 Å². The lowest BCUT2D eigenvalue weighted by Gasteiger charge is -1.92. The Labute approximate surface area is 77.9 Å². The molecule has 70 valence electrons. The van der Waals surface area contributed by atoms with Gasteiger partial charge in [0, 0.05) is 18.3 Å². The van der Waals surface area contributed by atoms with Gasteiger partial charge in [-0.25, -0.2) is 0 Å². The fraction of sp³-hybridized carbons (Fsp3) is 0.545. The summed E-state index contributed by atoms with van der Waals surface area (Å²) in [5.74, 6) is 2.91. The second-order valence-electron chi connectivity index (χ2n) is 3.72. The Kier molecular flexibility index (Phi) is 1.98. The van der Waals surface area contributed by atoms with Gasteiger partial charge in [-0.1, -0.05) is 6.92 Å². The minimum atomic E-state index is 0.232. The summed E-state index contributed by atoms with van der Waals surface area (Å²) in [5, 5.41) is 0. The van der Waals surface area contributed by atoms with Crippen molar-refractivity contribution in [3.63, 3.8) is 0 Å². The SMILES string of the molecule is CCc1ccc(C2CC2C(C)=O)o1. The van der Waals surface area contributed by atoms with Crippen molar-refractivity contribution in [2.24, 2.45) is 5.92 Å². The van der Waals surface area contributed by atoms with Crippen LogP contribution in [0.5, 0.6) is 0 Å². The van der Waals surface area contributed by atoms with Gasteiger partial charge in [-0.2, -0.15) is 0 Å². The fourth-order valence-corrected chi connectivity index (χ4v) is 1.74. The van der Waals surface area contributed by atoms with E-state index in [4.69, 9.17) is 4.42 Å². The molecule has 1 aromatic rings. The standard InChI is InChI=1S/C11H14O2/c1-3-8-4-5-11(13-8)10-6-9(10)7(2)12/h4-5,9-10H,3,6H2,1-2H3. The first-order valence-corrected chi connectivity index (χ1v) is 4.81. The number of hydrogen-bond donors (Lipinski definition) is 0. The Bertz CT molecular complexity index is 325. The summed E-state index contributed by atoms with van der Waals surface area (Å²) in [6.45, 7) is 3.73. The topological polar surface area (TPSA) is 30.2 Å². The highest BCUT2D eigenvalue weighted by atomic mass is 16.3. The van der Waals surface area contributed by atoms with Crippen LogP contribution in [0.2, 0.25) is 0 Å². The highest BCUT2D eigenvalue weighted by Gasteiger charge is 2.43. The molecule has 2 nitrogen and oxygen atoms in total. The molecule has 1 aromatic heterocycles. The van der Waals surface area contributed by atoms with Crippen LogP contribution in [-0.4, -0.2) is 5.78 Å². The number of hydrogen-bond acceptors (Lipinski definition) is 2. The van der Waals surface area contributed by atoms with Crippen LogP contribution in [-0.2, 0) is 11.2 Å². The normalized spacial score (nSPS) is 26.0. The third-order valence-electron chi connectivity index (χ3n) is 2.71. The predicted octanol–water partition coefficient (Wildman–Crippen LogP) is 2.53. The first-order chi connectivity index (χ1) is 6.22. The minimum absolute atomic E-state index is 0.232. The molecule has 0 bridgehead atoms. The summed E-state index contributed by atoms with van der Waals surface area (Å²) in [7, 11) is 0. The van der Waals surface area contributed by atoms with Gasteiger partial charge in [-0.15, -0.1) is 0 Å². The first-order valence-electron chi connectivity index (χ1n) is 4.81. The molecule has 2 atom stereocenters. The van der Waals surface area contributed by atoms with Crippen LogP contribution in [0.3, 0.4) is 0 Å². The molecule has 2 unspecified atom stereocenters. The Morgan fingerprint density at radius 2 is 2.38 bits per heavy atom. The van der Waals surface area contributed by atoms with Crippen LogP contribution >= 0.6 is 0 Å². The van der Waals surface area contributed by atoms with Gasteiger partial charge >= 0.3 is 0 Å². The Balaban J connectivity index is 2.07.